The van der Waals surface area contributed by atoms with E-state index in [9.17, 15) is 0 Å². The second kappa shape index (κ2) is 6.21. The zero-order valence-corrected chi connectivity index (χ0v) is 9.35. The minimum Gasteiger partial charge on any atom is -0.392 e. The Kier molecular flexibility index (Phi) is 6.03. The molecule has 1 aromatic carbocycles. The molecule has 1 aromatic rings. The van der Waals surface area contributed by atoms with Crippen molar-refractivity contribution in [3.63, 3.8) is 0 Å². The monoisotopic (exact) mass is 230 g/mol. The molecule has 0 radical (unpaired) electrons. The molecule has 1 rings (SSSR count). The van der Waals surface area contributed by atoms with E-state index < -0.39 is 0 Å². The van der Waals surface area contributed by atoms with Gasteiger partial charge in [0.1, 0.15) is 0 Å². The van der Waals surface area contributed by atoms with Crippen LogP contribution in [0.1, 0.15) is 25.0 Å². The number of aliphatic hydroxyl groups excluding tert-OH is 1. The maximum Gasteiger partial charge on any atom is 0.0692 e. The van der Waals surface area contributed by atoms with Crippen molar-refractivity contribution in [3.8, 4) is 0 Å². The quantitative estimate of drug-likeness (QED) is 0.786. The van der Waals surface area contributed by atoms with Crippen LogP contribution in [0.4, 0.5) is 0 Å². The number of hydrogen-bond acceptors (Lipinski definition) is 1. The highest BCUT2D eigenvalue weighted by Gasteiger charge is 1.96. The van der Waals surface area contributed by atoms with Gasteiger partial charge in [-0.15, -0.1) is 0 Å². The van der Waals surface area contributed by atoms with Crippen LogP contribution in [0.2, 0.25) is 0 Å². The number of aliphatic hydroxyl groups is 1. The molecule has 12 heavy (non-hydrogen) atoms. The maximum atomic E-state index is 8.81. The highest BCUT2D eigenvalue weighted by molar-refractivity contribution is 9.10. The van der Waals surface area contributed by atoms with Crippen LogP contribution in [-0.4, -0.2) is 5.11 Å². The average Bonchev–Trinajstić information content (AvgIpc) is 2.13. The molecule has 0 aliphatic carbocycles. The first-order chi connectivity index (χ1) is 5.74. The minimum atomic E-state index is 0.0995. The first kappa shape index (κ1) is 11.7. The molecule has 0 spiro atoms. The molecule has 0 aromatic heterocycles. The Bertz CT molecular complexity index is 233. The van der Waals surface area contributed by atoms with Gasteiger partial charge in [0.2, 0.25) is 0 Å². The minimum absolute atomic E-state index is 0.0995. The highest BCUT2D eigenvalue weighted by Crippen LogP contribution is 2.17. The molecular weight excluding hydrogens is 216 g/mol. The second-order valence-corrected chi connectivity index (χ2v) is 3.11. The molecule has 0 heterocycles. The van der Waals surface area contributed by atoms with Gasteiger partial charge in [-0.25, -0.2) is 0 Å². The molecule has 0 bridgehead atoms. The van der Waals surface area contributed by atoms with E-state index >= 15 is 0 Å². The lowest BCUT2D eigenvalue weighted by Gasteiger charge is -2.00. The van der Waals surface area contributed by atoms with Crippen LogP contribution in [0.15, 0.2) is 22.7 Å². The summed E-state index contributed by atoms with van der Waals surface area (Å²) in [6.45, 7) is 6.11. The largest absolute Gasteiger partial charge is 0.392 e. The van der Waals surface area contributed by atoms with Crippen LogP contribution in [0.25, 0.3) is 0 Å². The van der Waals surface area contributed by atoms with E-state index in [-0.39, 0.29) is 6.61 Å². The molecule has 0 unspecified atom stereocenters. The van der Waals surface area contributed by atoms with Crippen molar-refractivity contribution in [3.05, 3.63) is 33.8 Å². The number of aryl methyl sites for hydroxylation is 1. The fraction of sp³-hybridized carbons (Fsp3) is 0.400. The fourth-order valence-corrected chi connectivity index (χ4v) is 1.20. The molecule has 0 atom stereocenters. The van der Waals surface area contributed by atoms with E-state index in [0.717, 1.165) is 10.0 Å². The number of halogens is 1. The van der Waals surface area contributed by atoms with Crippen LogP contribution in [0, 0.1) is 6.92 Å². The summed E-state index contributed by atoms with van der Waals surface area (Å²) in [5, 5.41) is 8.81. The van der Waals surface area contributed by atoms with Gasteiger partial charge < -0.3 is 5.11 Å². The van der Waals surface area contributed by atoms with Gasteiger partial charge in [-0.2, -0.15) is 0 Å². The Morgan fingerprint density at radius 2 is 1.92 bits per heavy atom. The third-order valence-electron chi connectivity index (χ3n) is 1.37. The maximum absolute atomic E-state index is 8.81. The normalized spacial score (nSPS) is 8.75. The number of benzene rings is 1. The Labute approximate surface area is 82.6 Å². The van der Waals surface area contributed by atoms with Gasteiger partial charge >= 0.3 is 0 Å². The predicted molar refractivity (Wildman–Crippen MR) is 56.1 cm³/mol. The molecule has 1 nitrogen and oxygen atoms in total. The lowest BCUT2D eigenvalue weighted by atomic mass is 10.1. The van der Waals surface area contributed by atoms with Crippen molar-refractivity contribution in [2.24, 2.45) is 0 Å². The van der Waals surface area contributed by atoms with E-state index in [1.54, 1.807) is 0 Å². The first-order valence-electron chi connectivity index (χ1n) is 4.10. The SMILES string of the molecule is CC.Cc1ccc(Br)c(CO)c1. The average molecular weight is 231 g/mol. The Hall–Kier alpha value is -0.340. The van der Waals surface area contributed by atoms with E-state index in [1.165, 1.54) is 5.56 Å². The molecule has 2 heteroatoms. The summed E-state index contributed by atoms with van der Waals surface area (Å²) in [4.78, 5) is 0. The molecule has 0 aliphatic rings. The molecule has 0 saturated heterocycles. The van der Waals surface area contributed by atoms with Crippen molar-refractivity contribution in [1.29, 1.82) is 0 Å². The van der Waals surface area contributed by atoms with Crippen molar-refractivity contribution < 1.29 is 5.11 Å². The van der Waals surface area contributed by atoms with Crippen LogP contribution in [-0.2, 0) is 6.61 Å². The van der Waals surface area contributed by atoms with Gasteiger partial charge in [0.15, 0.2) is 0 Å². The van der Waals surface area contributed by atoms with Gasteiger partial charge in [-0.3, -0.25) is 0 Å². The first-order valence-corrected chi connectivity index (χ1v) is 4.89. The Morgan fingerprint density at radius 1 is 1.33 bits per heavy atom. The van der Waals surface area contributed by atoms with E-state index in [4.69, 9.17) is 5.11 Å². The van der Waals surface area contributed by atoms with Gasteiger partial charge in [-0.1, -0.05) is 47.5 Å². The standard InChI is InChI=1S/C8H9BrO.C2H6/c1-6-2-3-8(9)7(4-6)5-10;1-2/h2-4,10H,5H2,1H3;1-2H3. The smallest absolute Gasteiger partial charge is 0.0692 e. The third kappa shape index (κ3) is 3.37. The fourth-order valence-electron chi connectivity index (χ4n) is 0.825. The zero-order valence-electron chi connectivity index (χ0n) is 7.76. The number of hydrogen-bond donors (Lipinski definition) is 1. The summed E-state index contributed by atoms with van der Waals surface area (Å²) in [6, 6.07) is 5.91. The van der Waals surface area contributed by atoms with E-state index in [0.29, 0.717) is 0 Å². The topological polar surface area (TPSA) is 20.2 Å². The third-order valence-corrected chi connectivity index (χ3v) is 2.15. The predicted octanol–water partition coefficient (Wildman–Crippen LogP) is 3.28. The summed E-state index contributed by atoms with van der Waals surface area (Å²) < 4.78 is 0.973. The Balaban J connectivity index is 0.000000561. The zero-order chi connectivity index (χ0) is 9.56. The molecule has 0 fully saturated rings. The van der Waals surface area contributed by atoms with E-state index in [1.807, 2.05) is 39.0 Å². The van der Waals surface area contributed by atoms with Crippen molar-refractivity contribution in [2.75, 3.05) is 0 Å². The summed E-state index contributed by atoms with van der Waals surface area (Å²) in [5.74, 6) is 0. The molecule has 1 N–H and O–H groups in total. The second-order valence-electron chi connectivity index (χ2n) is 2.25. The molecule has 0 amide bonds. The Morgan fingerprint density at radius 3 is 2.33 bits per heavy atom. The van der Waals surface area contributed by atoms with Crippen molar-refractivity contribution >= 4 is 15.9 Å². The van der Waals surface area contributed by atoms with Crippen LogP contribution < -0.4 is 0 Å². The van der Waals surface area contributed by atoms with E-state index in [2.05, 4.69) is 15.9 Å². The lowest BCUT2D eigenvalue weighted by Crippen LogP contribution is -1.85. The molecule has 68 valence electrons. The summed E-state index contributed by atoms with van der Waals surface area (Å²) in [7, 11) is 0. The number of rotatable bonds is 1. The van der Waals surface area contributed by atoms with Crippen molar-refractivity contribution in [1.82, 2.24) is 0 Å². The van der Waals surface area contributed by atoms with Crippen molar-refractivity contribution in [2.45, 2.75) is 27.4 Å². The van der Waals surface area contributed by atoms with Gasteiger partial charge in [0.25, 0.3) is 0 Å². The molecule has 0 saturated carbocycles. The summed E-state index contributed by atoms with van der Waals surface area (Å²) in [6.07, 6.45) is 0. The summed E-state index contributed by atoms with van der Waals surface area (Å²) >= 11 is 3.33. The van der Waals surface area contributed by atoms with Gasteiger partial charge in [0.05, 0.1) is 6.61 Å². The van der Waals surface area contributed by atoms with Crippen LogP contribution in [0.5, 0.6) is 0 Å². The van der Waals surface area contributed by atoms with Crippen LogP contribution >= 0.6 is 15.9 Å². The summed E-state index contributed by atoms with van der Waals surface area (Å²) in [5.41, 5.74) is 2.12. The molecular formula is C10H15BrO. The molecule has 0 aliphatic heterocycles. The van der Waals surface area contributed by atoms with Gasteiger partial charge in [-0.05, 0) is 18.6 Å². The van der Waals surface area contributed by atoms with Crippen LogP contribution in [0.3, 0.4) is 0 Å². The highest BCUT2D eigenvalue weighted by atomic mass is 79.9. The lowest BCUT2D eigenvalue weighted by molar-refractivity contribution is 0.281. The van der Waals surface area contributed by atoms with Gasteiger partial charge in [0, 0.05) is 4.47 Å².